The quantitative estimate of drug-likeness (QED) is 0.415. The molecule has 2 aromatic rings. The first-order chi connectivity index (χ1) is 13.4. The molecular formula is C26H38O2. The van der Waals surface area contributed by atoms with E-state index in [9.17, 15) is 10.2 Å². The molecule has 154 valence electrons. The van der Waals surface area contributed by atoms with Gasteiger partial charge in [-0.1, -0.05) is 64.0 Å². The normalized spacial score (nSPS) is 11.4. The predicted molar refractivity (Wildman–Crippen MR) is 120 cm³/mol. The molecule has 0 amide bonds. The van der Waals surface area contributed by atoms with E-state index >= 15 is 0 Å². The molecule has 0 atom stereocenters. The highest BCUT2D eigenvalue weighted by Crippen LogP contribution is 2.38. The summed E-state index contributed by atoms with van der Waals surface area (Å²) in [6.07, 6.45) is 10.2. The van der Waals surface area contributed by atoms with Gasteiger partial charge in [-0.05, 0) is 79.6 Å². The number of unbranched alkanes of at least 4 members (excludes halogenated alkanes) is 6. The molecule has 2 heteroatoms. The monoisotopic (exact) mass is 382 g/mol. The Bertz CT molecular complexity index is 719. The van der Waals surface area contributed by atoms with Gasteiger partial charge in [-0.25, -0.2) is 0 Å². The summed E-state index contributed by atoms with van der Waals surface area (Å²) in [5.74, 6) is 1.04. The number of hydrogen-bond acceptors (Lipinski definition) is 2. The summed E-state index contributed by atoms with van der Waals surface area (Å²) in [6.45, 7) is 10.5. The largest absolute Gasteiger partial charge is 0.508 e. The zero-order chi connectivity index (χ0) is 20.7. The van der Waals surface area contributed by atoms with Gasteiger partial charge in [0.15, 0.2) is 0 Å². The molecule has 0 heterocycles. The van der Waals surface area contributed by atoms with Crippen LogP contribution in [-0.2, 0) is 0 Å². The standard InChI is InChI=1S/C26H38O2/c1-6-7-8-9-10-11-12-13-24(22-14-16-25(27)20(4)18(22)2)23-15-17-26(28)21(5)19(23)3/h14-17,24,27-28H,6-13H2,1-5H3. The third-order valence-corrected chi connectivity index (χ3v) is 6.45. The van der Waals surface area contributed by atoms with Gasteiger partial charge in [-0.15, -0.1) is 0 Å². The molecule has 2 rings (SSSR count). The first kappa shape index (κ1) is 22.3. The maximum absolute atomic E-state index is 10.1. The second kappa shape index (κ2) is 10.5. The first-order valence-corrected chi connectivity index (χ1v) is 11.0. The Hall–Kier alpha value is -1.96. The lowest BCUT2D eigenvalue weighted by atomic mass is 9.80. The van der Waals surface area contributed by atoms with E-state index in [1.165, 1.54) is 67.2 Å². The van der Waals surface area contributed by atoms with Gasteiger partial charge < -0.3 is 10.2 Å². The summed E-state index contributed by atoms with van der Waals surface area (Å²) in [5, 5.41) is 20.2. The number of aromatic hydroxyl groups is 2. The fourth-order valence-electron chi connectivity index (χ4n) is 4.19. The van der Waals surface area contributed by atoms with Crippen LogP contribution in [0.1, 0.15) is 97.6 Å². The highest BCUT2D eigenvalue weighted by molar-refractivity contribution is 5.51. The summed E-state index contributed by atoms with van der Waals surface area (Å²) in [6, 6.07) is 7.84. The van der Waals surface area contributed by atoms with Crippen molar-refractivity contribution in [1.82, 2.24) is 0 Å². The topological polar surface area (TPSA) is 40.5 Å². The lowest BCUT2D eigenvalue weighted by Crippen LogP contribution is -2.07. The van der Waals surface area contributed by atoms with Crippen molar-refractivity contribution < 1.29 is 10.2 Å². The number of phenols is 2. The molecule has 2 aromatic carbocycles. The van der Waals surface area contributed by atoms with Gasteiger partial charge in [-0.3, -0.25) is 0 Å². The van der Waals surface area contributed by atoms with Crippen LogP contribution in [0.5, 0.6) is 11.5 Å². The van der Waals surface area contributed by atoms with Crippen molar-refractivity contribution >= 4 is 0 Å². The lowest BCUT2D eigenvalue weighted by Gasteiger charge is -2.24. The van der Waals surface area contributed by atoms with Crippen LogP contribution < -0.4 is 0 Å². The maximum Gasteiger partial charge on any atom is 0.118 e. The zero-order valence-corrected chi connectivity index (χ0v) is 18.4. The molecule has 0 spiro atoms. The SMILES string of the molecule is CCCCCCCCCC(c1ccc(O)c(C)c1C)c1ccc(O)c(C)c1C. The highest BCUT2D eigenvalue weighted by atomic mass is 16.3. The van der Waals surface area contributed by atoms with Crippen LogP contribution in [0.15, 0.2) is 24.3 Å². The van der Waals surface area contributed by atoms with Crippen molar-refractivity contribution in [3.63, 3.8) is 0 Å². The van der Waals surface area contributed by atoms with Crippen LogP contribution in [0.4, 0.5) is 0 Å². The predicted octanol–water partition coefficient (Wildman–Crippen LogP) is 7.60. The summed E-state index contributed by atoms with van der Waals surface area (Å²) in [5.41, 5.74) is 6.89. The second-order valence-corrected chi connectivity index (χ2v) is 8.31. The van der Waals surface area contributed by atoms with E-state index < -0.39 is 0 Å². The van der Waals surface area contributed by atoms with E-state index in [-0.39, 0.29) is 0 Å². The van der Waals surface area contributed by atoms with E-state index in [1.54, 1.807) is 0 Å². The van der Waals surface area contributed by atoms with E-state index in [0.29, 0.717) is 17.4 Å². The number of hydrogen-bond donors (Lipinski definition) is 2. The molecule has 0 bridgehead atoms. The Morgan fingerprint density at radius 2 is 1.04 bits per heavy atom. The van der Waals surface area contributed by atoms with Gasteiger partial charge >= 0.3 is 0 Å². The molecule has 0 unspecified atom stereocenters. The molecule has 0 aliphatic heterocycles. The van der Waals surface area contributed by atoms with Crippen LogP contribution >= 0.6 is 0 Å². The summed E-state index contributed by atoms with van der Waals surface area (Å²) in [7, 11) is 0. The molecule has 0 aliphatic rings. The Morgan fingerprint density at radius 3 is 1.50 bits per heavy atom. The third kappa shape index (κ3) is 5.31. The fraction of sp³-hybridized carbons (Fsp3) is 0.538. The summed E-state index contributed by atoms with van der Waals surface area (Å²) >= 11 is 0. The highest BCUT2D eigenvalue weighted by Gasteiger charge is 2.21. The van der Waals surface area contributed by atoms with Gasteiger partial charge in [-0.2, -0.15) is 0 Å². The summed E-state index contributed by atoms with van der Waals surface area (Å²) in [4.78, 5) is 0. The van der Waals surface area contributed by atoms with Crippen molar-refractivity contribution in [3.05, 3.63) is 57.6 Å². The molecule has 0 aliphatic carbocycles. The third-order valence-electron chi connectivity index (χ3n) is 6.45. The average molecular weight is 383 g/mol. The van der Waals surface area contributed by atoms with Gasteiger partial charge in [0.05, 0.1) is 0 Å². The molecule has 0 fully saturated rings. The smallest absolute Gasteiger partial charge is 0.118 e. The average Bonchev–Trinajstić information content (AvgIpc) is 2.68. The van der Waals surface area contributed by atoms with Crippen molar-refractivity contribution in [3.8, 4) is 11.5 Å². The molecule has 0 saturated carbocycles. The number of phenolic OH excluding ortho intramolecular Hbond substituents is 2. The lowest BCUT2D eigenvalue weighted by molar-refractivity contribution is 0.469. The van der Waals surface area contributed by atoms with Gasteiger partial charge in [0.1, 0.15) is 11.5 Å². The van der Waals surface area contributed by atoms with E-state index in [4.69, 9.17) is 0 Å². The molecule has 0 saturated heterocycles. The molecule has 0 radical (unpaired) electrons. The number of benzene rings is 2. The minimum Gasteiger partial charge on any atom is -0.508 e. The Labute approximate surface area is 171 Å². The summed E-state index contributed by atoms with van der Waals surface area (Å²) < 4.78 is 0. The molecular weight excluding hydrogens is 344 g/mol. The second-order valence-electron chi connectivity index (χ2n) is 8.31. The van der Waals surface area contributed by atoms with E-state index in [1.807, 2.05) is 26.0 Å². The maximum atomic E-state index is 10.1. The Kier molecular flexibility index (Phi) is 8.41. The fourth-order valence-corrected chi connectivity index (χ4v) is 4.19. The van der Waals surface area contributed by atoms with Gasteiger partial charge in [0.2, 0.25) is 0 Å². The molecule has 2 N–H and O–H groups in total. The number of rotatable bonds is 10. The van der Waals surface area contributed by atoms with Crippen LogP contribution in [0.2, 0.25) is 0 Å². The Balaban J connectivity index is 2.25. The first-order valence-electron chi connectivity index (χ1n) is 11.0. The molecule has 2 nitrogen and oxygen atoms in total. The van der Waals surface area contributed by atoms with Gasteiger partial charge in [0, 0.05) is 5.92 Å². The van der Waals surface area contributed by atoms with Crippen molar-refractivity contribution in [2.24, 2.45) is 0 Å². The van der Waals surface area contributed by atoms with Crippen LogP contribution in [-0.4, -0.2) is 10.2 Å². The van der Waals surface area contributed by atoms with E-state index in [2.05, 4.69) is 32.9 Å². The van der Waals surface area contributed by atoms with E-state index in [0.717, 1.165) is 17.5 Å². The Morgan fingerprint density at radius 1 is 0.607 bits per heavy atom. The zero-order valence-electron chi connectivity index (χ0n) is 18.4. The van der Waals surface area contributed by atoms with Crippen LogP contribution in [0, 0.1) is 27.7 Å². The minimum absolute atomic E-state index is 0.300. The van der Waals surface area contributed by atoms with Crippen molar-refractivity contribution in [2.75, 3.05) is 0 Å². The van der Waals surface area contributed by atoms with Crippen molar-refractivity contribution in [2.45, 2.75) is 91.9 Å². The minimum atomic E-state index is 0.300. The van der Waals surface area contributed by atoms with Crippen LogP contribution in [0.25, 0.3) is 0 Å². The van der Waals surface area contributed by atoms with Crippen molar-refractivity contribution in [1.29, 1.82) is 0 Å². The van der Waals surface area contributed by atoms with Gasteiger partial charge in [0.25, 0.3) is 0 Å². The van der Waals surface area contributed by atoms with Crippen LogP contribution in [0.3, 0.4) is 0 Å². The molecule has 0 aromatic heterocycles. The molecule has 28 heavy (non-hydrogen) atoms.